The molecule has 0 saturated heterocycles. The molecule has 116 valence electrons. The molecule has 0 nitrogen and oxygen atoms in total. The molecule has 0 aromatic carbocycles. The highest BCUT2D eigenvalue weighted by atomic mass is 14.1. The first-order valence-corrected chi connectivity index (χ1v) is 9.20. The average Bonchev–Trinajstić information content (AvgIpc) is 2.42. The van der Waals surface area contributed by atoms with E-state index in [2.05, 4.69) is 27.7 Å². The lowest BCUT2D eigenvalue weighted by Gasteiger charge is -2.10. The van der Waals surface area contributed by atoms with Gasteiger partial charge in [0.25, 0.3) is 0 Å². The molecular formula is C19H40. The van der Waals surface area contributed by atoms with Gasteiger partial charge in [0.1, 0.15) is 0 Å². The molecule has 0 rings (SSSR count). The summed E-state index contributed by atoms with van der Waals surface area (Å²) in [6, 6.07) is 0. The molecule has 0 aliphatic heterocycles. The third-order valence-electron chi connectivity index (χ3n) is 4.64. The van der Waals surface area contributed by atoms with Crippen molar-refractivity contribution in [1.29, 1.82) is 0 Å². The molecule has 0 spiro atoms. The van der Waals surface area contributed by atoms with Gasteiger partial charge in [0.2, 0.25) is 0 Å². The van der Waals surface area contributed by atoms with Crippen LogP contribution in [0.1, 0.15) is 111 Å². The Morgan fingerprint density at radius 3 is 1.42 bits per heavy atom. The SMILES string of the molecule is CCCC[C@@H](C)CCCCCCCCC[C@@H](C)CC. The summed E-state index contributed by atoms with van der Waals surface area (Å²) >= 11 is 0. The first kappa shape index (κ1) is 19.0. The van der Waals surface area contributed by atoms with Crippen LogP contribution in [0, 0.1) is 11.8 Å². The predicted molar refractivity (Wildman–Crippen MR) is 89.7 cm³/mol. The molecule has 0 amide bonds. The van der Waals surface area contributed by atoms with Crippen LogP contribution >= 0.6 is 0 Å². The van der Waals surface area contributed by atoms with Crippen molar-refractivity contribution in [3.05, 3.63) is 0 Å². The van der Waals surface area contributed by atoms with Gasteiger partial charge in [-0.25, -0.2) is 0 Å². The molecule has 0 radical (unpaired) electrons. The third kappa shape index (κ3) is 14.2. The van der Waals surface area contributed by atoms with E-state index in [9.17, 15) is 0 Å². The Kier molecular flexibility index (Phi) is 14.4. The van der Waals surface area contributed by atoms with Crippen molar-refractivity contribution in [2.24, 2.45) is 11.8 Å². The zero-order valence-electron chi connectivity index (χ0n) is 14.3. The standard InChI is InChI=1S/C19H40/c1-5-7-15-19(4)17-14-12-10-8-9-11-13-16-18(3)6-2/h18-19H,5-17H2,1-4H3/t18-,19+/m0/s1. The van der Waals surface area contributed by atoms with Gasteiger partial charge in [-0.05, 0) is 11.8 Å². The Balaban J connectivity index is 3.10. The fourth-order valence-electron chi connectivity index (χ4n) is 2.77. The van der Waals surface area contributed by atoms with E-state index in [1.807, 2.05) is 0 Å². The van der Waals surface area contributed by atoms with E-state index >= 15 is 0 Å². The molecule has 0 heterocycles. The highest BCUT2D eigenvalue weighted by molar-refractivity contribution is 4.55. The van der Waals surface area contributed by atoms with Crippen molar-refractivity contribution in [2.45, 2.75) is 111 Å². The topological polar surface area (TPSA) is 0 Å². The van der Waals surface area contributed by atoms with E-state index in [0.717, 1.165) is 11.8 Å². The van der Waals surface area contributed by atoms with Gasteiger partial charge in [-0.15, -0.1) is 0 Å². The molecule has 0 fully saturated rings. The van der Waals surface area contributed by atoms with Crippen LogP contribution in [0.4, 0.5) is 0 Å². The van der Waals surface area contributed by atoms with Crippen molar-refractivity contribution in [2.75, 3.05) is 0 Å². The summed E-state index contributed by atoms with van der Waals surface area (Å²) < 4.78 is 0. The minimum atomic E-state index is 0.949. The molecule has 19 heavy (non-hydrogen) atoms. The largest absolute Gasteiger partial charge is 0.0654 e. The van der Waals surface area contributed by atoms with Crippen molar-refractivity contribution in [3.8, 4) is 0 Å². The highest BCUT2D eigenvalue weighted by Gasteiger charge is 2.01. The summed E-state index contributed by atoms with van der Waals surface area (Å²) in [5.41, 5.74) is 0. The van der Waals surface area contributed by atoms with Crippen LogP contribution in [0.25, 0.3) is 0 Å². The smallest absolute Gasteiger partial charge is 0.0443 e. The molecule has 0 aromatic heterocycles. The van der Waals surface area contributed by atoms with Gasteiger partial charge >= 0.3 is 0 Å². The summed E-state index contributed by atoms with van der Waals surface area (Å²) in [6.45, 7) is 9.43. The number of hydrogen-bond acceptors (Lipinski definition) is 0. The number of rotatable bonds is 14. The zero-order valence-corrected chi connectivity index (χ0v) is 14.3. The van der Waals surface area contributed by atoms with Crippen molar-refractivity contribution in [1.82, 2.24) is 0 Å². The number of unbranched alkanes of at least 4 members (excludes halogenated alkanes) is 7. The fraction of sp³-hybridized carbons (Fsp3) is 1.00. The van der Waals surface area contributed by atoms with E-state index in [1.54, 1.807) is 0 Å². The lowest BCUT2D eigenvalue weighted by molar-refractivity contribution is 0.437. The first-order valence-electron chi connectivity index (χ1n) is 9.20. The van der Waals surface area contributed by atoms with Crippen molar-refractivity contribution < 1.29 is 0 Å². The second-order valence-corrected chi connectivity index (χ2v) is 6.81. The minimum absolute atomic E-state index is 0.949. The molecule has 0 saturated carbocycles. The van der Waals surface area contributed by atoms with Crippen LogP contribution in [-0.4, -0.2) is 0 Å². The van der Waals surface area contributed by atoms with Crippen LogP contribution in [0.15, 0.2) is 0 Å². The molecule has 0 aliphatic rings. The van der Waals surface area contributed by atoms with Crippen LogP contribution in [0.3, 0.4) is 0 Å². The quantitative estimate of drug-likeness (QED) is 0.288. The summed E-state index contributed by atoms with van der Waals surface area (Å²) in [4.78, 5) is 0. The van der Waals surface area contributed by atoms with E-state index in [1.165, 1.54) is 83.5 Å². The predicted octanol–water partition coefficient (Wildman–Crippen LogP) is 7.37. The van der Waals surface area contributed by atoms with Crippen molar-refractivity contribution >= 4 is 0 Å². The second kappa shape index (κ2) is 14.4. The minimum Gasteiger partial charge on any atom is -0.0654 e. The molecular weight excluding hydrogens is 228 g/mol. The second-order valence-electron chi connectivity index (χ2n) is 6.81. The normalized spacial score (nSPS) is 14.5. The molecule has 0 aromatic rings. The Bertz CT molecular complexity index is 161. The molecule has 0 heteroatoms. The maximum absolute atomic E-state index is 2.44. The van der Waals surface area contributed by atoms with Gasteiger partial charge < -0.3 is 0 Å². The van der Waals surface area contributed by atoms with Gasteiger partial charge in [0, 0.05) is 0 Å². The molecule has 0 N–H and O–H groups in total. The Labute approximate surface area is 123 Å². The van der Waals surface area contributed by atoms with Crippen LogP contribution < -0.4 is 0 Å². The Morgan fingerprint density at radius 1 is 0.526 bits per heavy atom. The van der Waals surface area contributed by atoms with E-state index in [-0.39, 0.29) is 0 Å². The van der Waals surface area contributed by atoms with Gasteiger partial charge in [0.15, 0.2) is 0 Å². The molecule has 0 aliphatic carbocycles. The summed E-state index contributed by atoms with van der Waals surface area (Å²) in [5, 5.41) is 0. The lowest BCUT2D eigenvalue weighted by Crippen LogP contribution is -1.94. The summed E-state index contributed by atoms with van der Waals surface area (Å²) in [5.74, 6) is 1.92. The van der Waals surface area contributed by atoms with E-state index in [0.29, 0.717) is 0 Å². The fourth-order valence-corrected chi connectivity index (χ4v) is 2.77. The summed E-state index contributed by atoms with van der Waals surface area (Å²) in [7, 11) is 0. The molecule has 0 unspecified atom stereocenters. The molecule has 2 atom stereocenters. The van der Waals surface area contributed by atoms with Crippen LogP contribution in [-0.2, 0) is 0 Å². The lowest BCUT2D eigenvalue weighted by atomic mass is 9.96. The Morgan fingerprint density at radius 2 is 0.947 bits per heavy atom. The van der Waals surface area contributed by atoms with Crippen LogP contribution in [0.2, 0.25) is 0 Å². The van der Waals surface area contributed by atoms with Gasteiger partial charge in [-0.2, -0.15) is 0 Å². The summed E-state index contributed by atoms with van der Waals surface area (Å²) in [6.07, 6.45) is 18.8. The average molecular weight is 269 g/mol. The van der Waals surface area contributed by atoms with Gasteiger partial charge in [-0.3, -0.25) is 0 Å². The highest BCUT2D eigenvalue weighted by Crippen LogP contribution is 2.18. The van der Waals surface area contributed by atoms with Crippen molar-refractivity contribution in [3.63, 3.8) is 0 Å². The Hall–Kier alpha value is 0. The van der Waals surface area contributed by atoms with E-state index in [4.69, 9.17) is 0 Å². The van der Waals surface area contributed by atoms with Crippen LogP contribution in [0.5, 0.6) is 0 Å². The third-order valence-corrected chi connectivity index (χ3v) is 4.64. The van der Waals surface area contributed by atoms with E-state index < -0.39 is 0 Å². The maximum Gasteiger partial charge on any atom is -0.0443 e. The molecule has 0 bridgehead atoms. The first-order chi connectivity index (χ1) is 9.20. The maximum atomic E-state index is 2.44. The monoisotopic (exact) mass is 268 g/mol. The van der Waals surface area contributed by atoms with Gasteiger partial charge in [-0.1, -0.05) is 111 Å². The zero-order chi connectivity index (χ0) is 14.3. The van der Waals surface area contributed by atoms with Gasteiger partial charge in [0.05, 0.1) is 0 Å². The number of hydrogen-bond donors (Lipinski definition) is 0.